The predicted molar refractivity (Wildman–Crippen MR) is 106 cm³/mol. The van der Waals surface area contributed by atoms with Gasteiger partial charge >= 0.3 is 0 Å². The van der Waals surface area contributed by atoms with Gasteiger partial charge in [-0.15, -0.1) is 0 Å². The molecule has 2 aliphatic rings. The third-order valence-electron chi connectivity index (χ3n) is 5.48. The zero-order chi connectivity index (χ0) is 19.1. The fourth-order valence-corrected chi connectivity index (χ4v) is 4.06. The minimum Gasteiger partial charge on any atom is -0.379 e. The molecule has 1 amide bonds. The average Bonchev–Trinajstić information content (AvgIpc) is 2.72. The molecule has 0 saturated carbocycles. The summed E-state index contributed by atoms with van der Waals surface area (Å²) in [4.78, 5) is 26.0. The highest BCUT2D eigenvalue weighted by atomic mass is 16.5. The number of aromatic nitrogens is 2. The van der Waals surface area contributed by atoms with Crippen molar-refractivity contribution in [3.63, 3.8) is 0 Å². The SMILES string of the molecule is CC(C)CC(CNC(=O)C1CCCN(c2cnccn2)C1)N1CCOCC1. The third-order valence-corrected chi connectivity index (χ3v) is 5.48. The Morgan fingerprint density at radius 3 is 2.81 bits per heavy atom. The molecule has 1 aromatic rings. The molecule has 0 aliphatic carbocycles. The maximum atomic E-state index is 12.8. The van der Waals surface area contributed by atoms with E-state index in [1.165, 1.54) is 0 Å². The van der Waals surface area contributed by atoms with Crippen LogP contribution in [0.5, 0.6) is 0 Å². The Bertz CT molecular complexity index is 577. The van der Waals surface area contributed by atoms with Crippen LogP contribution in [0.25, 0.3) is 0 Å². The number of carbonyl (C=O) groups excluding carboxylic acids is 1. The summed E-state index contributed by atoms with van der Waals surface area (Å²) in [5.41, 5.74) is 0. The molecule has 2 unspecified atom stereocenters. The van der Waals surface area contributed by atoms with E-state index in [1.807, 2.05) is 0 Å². The Morgan fingerprint density at radius 1 is 1.30 bits per heavy atom. The van der Waals surface area contributed by atoms with E-state index < -0.39 is 0 Å². The van der Waals surface area contributed by atoms with Crippen molar-refractivity contribution in [3.05, 3.63) is 18.6 Å². The Labute approximate surface area is 162 Å². The van der Waals surface area contributed by atoms with Crippen molar-refractivity contribution in [1.29, 1.82) is 0 Å². The number of nitrogens with one attached hydrogen (secondary N) is 1. The zero-order valence-corrected chi connectivity index (χ0v) is 16.6. The molecule has 27 heavy (non-hydrogen) atoms. The first kappa shape index (κ1) is 20.0. The Kier molecular flexibility index (Phi) is 7.41. The monoisotopic (exact) mass is 375 g/mol. The molecule has 3 rings (SSSR count). The normalized spacial score (nSPS) is 22.6. The van der Waals surface area contributed by atoms with Crippen molar-refractivity contribution in [1.82, 2.24) is 20.2 Å². The summed E-state index contributed by atoms with van der Waals surface area (Å²) >= 11 is 0. The molecule has 7 nitrogen and oxygen atoms in total. The van der Waals surface area contributed by atoms with Crippen molar-refractivity contribution < 1.29 is 9.53 Å². The summed E-state index contributed by atoms with van der Waals surface area (Å²) in [6.45, 7) is 10.4. The van der Waals surface area contributed by atoms with E-state index in [0.717, 1.165) is 71.0 Å². The summed E-state index contributed by atoms with van der Waals surface area (Å²) in [5.74, 6) is 1.66. The van der Waals surface area contributed by atoms with Gasteiger partial charge in [0.05, 0.1) is 25.3 Å². The van der Waals surface area contributed by atoms with Crippen molar-refractivity contribution >= 4 is 11.7 Å². The quantitative estimate of drug-likeness (QED) is 0.780. The van der Waals surface area contributed by atoms with Crippen LogP contribution < -0.4 is 10.2 Å². The van der Waals surface area contributed by atoms with Crippen LogP contribution in [0.4, 0.5) is 5.82 Å². The zero-order valence-electron chi connectivity index (χ0n) is 16.6. The van der Waals surface area contributed by atoms with E-state index in [-0.39, 0.29) is 11.8 Å². The first-order valence-corrected chi connectivity index (χ1v) is 10.2. The van der Waals surface area contributed by atoms with Crippen molar-refractivity contribution in [2.24, 2.45) is 11.8 Å². The van der Waals surface area contributed by atoms with Gasteiger partial charge in [0, 0.05) is 51.2 Å². The number of amides is 1. The van der Waals surface area contributed by atoms with Gasteiger partial charge in [-0.3, -0.25) is 14.7 Å². The standard InChI is InChI=1S/C20H33N5O2/c1-16(2)12-18(24-8-10-27-11-9-24)13-23-20(26)17-4-3-7-25(15-17)19-14-21-5-6-22-19/h5-6,14,16-18H,3-4,7-13,15H2,1-2H3,(H,23,26). The van der Waals surface area contributed by atoms with Crippen LogP contribution in [-0.2, 0) is 9.53 Å². The number of hydrogen-bond acceptors (Lipinski definition) is 6. The highest BCUT2D eigenvalue weighted by molar-refractivity contribution is 5.79. The van der Waals surface area contributed by atoms with E-state index in [4.69, 9.17) is 4.74 Å². The van der Waals surface area contributed by atoms with Gasteiger partial charge in [-0.25, -0.2) is 4.98 Å². The molecule has 7 heteroatoms. The van der Waals surface area contributed by atoms with Crippen LogP contribution in [0.3, 0.4) is 0 Å². The Balaban J connectivity index is 1.53. The molecular formula is C20H33N5O2. The third kappa shape index (κ3) is 5.87. The second-order valence-electron chi connectivity index (χ2n) is 8.03. The fraction of sp³-hybridized carbons (Fsp3) is 0.750. The first-order chi connectivity index (χ1) is 13.1. The smallest absolute Gasteiger partial charge is 0.224 e. The summed E-state index contributed by atoms with van der Waals surface area (Å²) in [6, 6.07) is 0.387. The molecule has 1 aromatic heterocycles. The van der Waals surface area contributed by atoms with Crippen molar-refractivity contribution in [2.75, 3.05) is 50.8 Å². The van der Waals surface area contributed by atoms with Gasteiger partial charge in [0.15, 0.2) is 0 Å². The number of anilines is 1. The lowest BCUT2D eigenvalue weighted by atomic mass is 9.96. The summed E-state index contributed by atoms with van der Waals surface area (Å²) < 4.78 is 5.48. The van der Waals surface area contributed by atoms with Gasteiger partial charge in [-0.05, 0) is 25.2 Å². The number of hydrogen-bond donors (Lipinski definition) is 1. The van der Waals surface area contributed by atoms with Gasteiger partial charge in [0.1, 0.15) is 5.82 Å². The Hall–Kier alpha value is -1.73. The molecule has 1 N–H and O–H groups in total. The highest BCUT2D eigenvalue weighted by Crippen LogP contribution is 2.21. The van der Waals surface area contributed by atoms with Crippen LogP contribution in [0, 0.1) is 11.8 Å². The Morgan fingerprint density at radius 2 is 2.11 bits per heavy atom. The van der Waals surface area contributed by atoms with Crippen LogP contribution in [0.2, 0.25) is 0 Å². The molecule has 0 radical (unpaired) electrons. The molecule has 0 aromatic carbocycles. The summed E-state index contributed by atoms with van der Waals surface area (Å²) in [5, 5.41) is 3.24. The molecule has 0 spiro atoms. The minimum atomic E-state index is 0.0187. The van der Waals surface area contributed by atoms with Gasteiger partial charge in [-0.1, -0.05) is 13.8 Å². The van der Waals surface area contributed by atoms with Crippen molar-refractivity contribution in [2.45, 2.75) is 39.2 Å². The van der Waals surface area contributed by atoms with Crippen LogP contribution in [-0.4, -0.2) is 72.8 Å². The number of morpholine rings is 1. The molecule has 2 saturated heterocycles. The van der Waals surface area contributed by atoms with E-state index in [1.54, 1.807) is 18.6 Å². The fourth-order valence-electron chi connectivity index (χ4n) is 4.06. The first-order valence-electron chi connectivity index (χ1n) is 10.2. The van der Waals surface area contributed by atoms with Gasteiger partial charge < -0.3 is 15.0 Å². The molecule has 2 atom stereocenters. The number of piperidine rings is 1. The molecule has 3 heterocycles. The molecule has 2 aliphatic heterocycles. The lowest BCUT2D eigenvalue weighted by molar-refractivity contribution is -0.125. The summed E-state index contributed by atoms with van der Waals surface area (Å²) in [6.07, 6.45) is 8.20. The van der Waals surface area contributed by atoms with E-state index in [0.29, 0.717) is 12.0 Å². The molecule has 2 fully saturated rings. The average molecular weight is 376 g/mol. The second kappa shape index (κ2) is 9.99. The van der Waals surface area contributed by atoms with Crippen molar-refractivity contribution in [3.8, 4) is 0 Å². The molecule has 0 bridgehead atoms. The number of carbonyl (C=O) groups is 1. The van der Waals surface area contributed by atoms with E-state index >= 15 is 0 Å². The largest absolute Gasteiger partial charge is 0.379 e. The van der Waals surface area contributed by atoms with Crippen LogP contribution >= 0.6 is 0 Å². The summed E-state index contributed by atoms with van der Waals surface area (Å²) in [7, 11) is 0. The predicted octanol–water partition coefficient (Wildman–Crippen LogP) is 1.56. The number of ether oxygens (including phenoxy) is 1. The van der Waals surface area contributed by atoms with Crippen LogP contribution in [0.15, 0.2) is 18.6 Å². The van der Waals surface area contributed by atoms with Gasteiger partial charge in [0.2, 0.25) is 5.91 Å². The molecule has 150 valence electrons. The lowest BCUT2D eigenvalue weighted by Crippen LogP contribution is -2.51. The van der Waals surface area contributed by atoms with E-state index in [9.17, 15) is 4.79 Å². The van der Waals surface area contributed by atoms with E-state index in [2.05, 4.69) is 38.9 Å². The lowest BCUT2D eigenvalue weighted by Gasteiger charge is -2.36. The number of rotatable bonds is 7. The molecular weight excluding hydrogens is 342 g/mol. The second-order valence-corrected chi connectivity index (χ2v) is 8.03. The topological polar surface area (TPSA) is 70.6 Å². The van der Waals surface area contributed by atoms with Crippen LogP contribution in [0.1, 0.15) is 33.1 Å². The number of nitrogens with zero attached hydrogens (tertiary/aromatic N) is 4. The van der Waals surface area contributed by atoms with Gasteiger partial charge in [-0.2, -0.15) is 0 Å². The highest BCUT2D eigenvalue weighted by Gasteiger charge is 2.28. The van der Waals surface area contributed by atoms with Gasteiger partial charge in [0.25, 0.3) is 0 Å². The maximum absolute atomic E-state index is 12.8. The minimum absolute atomic E-state index is 0.0187. The maximum Gasteiger partial charge on any atom is 0.224 e.